The summed E-state index contributed by atoms with van der Waals surface area (Å²) < 4.78 is 14.8. The second-order valence-electron chi connectivity index (χ2n) is 8.66. The lowest BCUT2D eigenvalue weighted by Crippen LogP contribution is -2.19. The molecule has 0 unspecified atom stereocenters. The molecule has 0 spiro atoms. The lowest BCUT2D eigenvalue weighted by Gasteiger charge is -2.19. The van der Waals surface area contributed by atoms with Crippen molar-refractivity contribution in [3.05, 3.63) is 59.0 Å². The summed E-state index contributed by atoms with van der Waals surface area (Å²) in [4.78, 5) is 21.1. The van der Waals surface area contributed by atoms with Crippen LogP contribution in [0.3, 0.4) is 0 Å². The van der Waals surface area contributed by atoms with Gasteiger partial charge in [-0.2, -0.15) is 0 Å². The molecular formula is C27H26ClFN4O2. The Bertz CT molecular complexity index is 1330. The SMILES string of the molecule is Cc1cc(-c2cc(F)cc(-c3ccc(N(C#CN(C)C)C=O)c(Cl)c3)c2O)cc(N2CCCC2)n1. The molecule has 1 saturated heterocycles. The van der Waals surface area contributed by atoms with Crippen LogP contribution in [0.4, 0.5) is 15.9 Å². The zero-order chi connectivity index (χ0) is 25.1. The van der Waals surface area contributed by atoms with Crippen LogP contribution in [-0.4, -0.2) is 48.6 Å². The molecule has 35 heavy (non-hydrogen) atoms. The molecule has 6 nitrogen and oxygen atoms in total. The standard InChI is InChI=1S/C27H26ClFN4O2/c1-18-12-20(14-26(30-18)32-8-4-5-9-32)23-16-21(29)15-22(27(23)35)19-6-7-25(24(28)13-19)33(17-34)11-10-31(2)3/h6-7,12-17,35H,4-5,8-9H2,1-3H3. The first-order valence-corrected chi connectivity index (χ1v) is 11.6. The highest BCUT2D eigenvalue weighted by molar-refractivity contribution is 6.34. The number of phenolic OH excluding ortho intramolecular Hbond substituents is 1. The van der Waals surface area contributed by atoms with Gasteiger partial charge in [-0.25, -0.2) is 14.3 Å². The number of pyridine rings is 1. The molecule has 1 N–H and O–H groups in total. The highest BCUT2D eigenvalue weighted by Crippen LogP contribution is 2.41. The second kappa shape index (κ2) is 10.2. The van der Waals surface area contributed by atoms with Crippen molar-refractivity contribution >= 4 is 29.5 Å². The lowest BCUT2D eigenvalue weighted by atomic mass is 9.96. The third-order valence-corrected chi connectivity index (χ3v) is 6.08. The number of carbonyl (C=O) groups is 1. The maximum Gasteiger partial charge on any atom is 0.226 e. The minimum atomic E-state index is -0.489. The van der Waals surface area contributed by atoms with Gasteiger partial charge >= 0.3 is 0 Å². The van der Waals surface area contributed by atoms with Crippen LogP contribution in [0.25, 0.3) is 22.3 Å². The van der Waals surface area contributed by atoms with Crippen molar-refractivity contribution in [2.75, 3.05) is 37.0 Å². The molecule has 8 heteroatoms. The molecule has 1 fully saturated rings. The number of carbonyl (C=O) groups excluding carboxylic acids is 1. The number of aromatic hydroxyl groups is 1. The average molecular weight is 493 g/mol. The maximum atomic E-state index is 14.8. The molecule has 0 aliphatic carbocycles. The van der Waals surface area contributed by atoms with Gasteiger partial charge in [-0.15, -0.1) is 0 Å². The Morgan fingerprint density at radius 1 is 1.06 bits per heavy atom. The number of aryl methyl sites for hydroxylation is 1. The summed E-state index contributed by atoms with van der Waals surface area (Å²) >= 11 is 6.46. The summed E-state index contributed by atoms with van der Waals surface area (Å²) in [5.74, 6) is 0.271. The number of rotatable bonds is 5. The third-order valence-electron chi connectivity index (χ3n) is 5.77. The number of halogens is 2. The molecule has 0 radical (unpaired) electrons. The summed E-state index contributed by atoms with van der Waals surface area (Å²) in [5, 5.41) is 11.4. The van der Waals surface area contributed by atoms with E-state index in [2.05, 4.69) is 22.0 Å². The predicted molar refractivity (Wildman–Crippen MR) is 138 cm³/mol. The Labute approximate surface area is 209 Å². The van der Waals surface area contributed by atoms with E-state index in [4.69, 9.17) is 11.6 Å². The molecule has 1 aliphatic heterocycles. The highest BCUT2D eigenvalue weighted by atomic mass is 35.5. The van der Waals surface area contributed by atoms with Gasteiger partial charge in [-0.05, 0) is 67.3 Å². The van der Waals surface area contributed by atoms with Crippen LogP contribution in [0.2, 0.25) is 5.02 Å². The molecule has 0 atom stereocenters. The van der Waals surface area contributed by atoms with Gasteiger partial charge in [0.1, 0.15) is 17.4 Å². The van der Waals surface area contributed by atoms with E-state index in [0.717, 1.165) is 37.4 Å². The fourth-order valence-corrected chi connectivity index (χ4v) is 4.39. The van der Waals surface area contributed by atoms with Crippen molar-refractivity contribution < 1.29 is 14.3 Å². The van der Waals surface area contributed by atoms with Crippen molar-refractivity contribution in [1.82, 2.24) is 9.88 Å². The number of amides is 1. The van der Waals surface area contributed by atoms with Crippen LogP contribution in [0.5, 0.6) is 5.75 Å². The Morgan fingerprint density at radius 2 is 1.74 bits per heavy atom. The van der Waals surface area contributed by atoms with E-state index < -0.39 is 5.82 Å². The molecule has 1 aliphatic rings. The summed E-state index contributed by atoms with van der Waals surface area (Å²) in [6.45, 7) is 3.74. The molecule has 1 aromatic heterocycles. The smallest absolute Gasteiger partial charge is 0.226 e. The van der Waals surface area contributed by atoms with E-state index in [-0.39, 0.29) is 10.8 Å². The van der Waals surface area contributed by atoms with Crippen LogP contribution in [-0.2, 0) is 4.79 Å². The zero-order valence-electron chi connectivity index (χ0n) is 19.8. The van der Waals surface area contributed by atoms with Gasteiger partial charge in [0.25, 0.3) is 0 Å². The van der Waals surface area contributed by atoms with Crippen LogP contribution in [0.1, 0.15) is 18.5 Å². The van der Waals surface area contributed by atoms with E-state index in [1.165, 1.54) is 17.0 Å². The van der Waals surface area contributed by atoms with Crippen molar-refractivity contribution in [2.45, 2.75) is 19.8 Å². The first kappa shape index (κ1) is 24.4. The Hall–Kier alpha value is -3.76. The molecule has 4 rings (SSSR count). The Morgan fingerprint density at radius 3 is 2.37 bits per heavy atom. The molecule has 0 bridgehead atoms. The fourth-order valence-electron chi connectivity index (χ4n) is 4.12. The summed E-state index contributed by atoms with van der Waals surface area (Å²) in [7, 11) is 3.51. The minimum absolute atomic E-state index is 0.0622. The number of aromatic nitrogens is 1. The molecule has 0 saturated carbocycles. The van der Waals surface area contributed by atoms with Crippen LogP contribution in [0, 0.1) is 24.8 Å². The quantitative estimate of drug-likeness (QED) is 0.299. The molecule has 180 valence electrons. The van der Waals surface area contributed by atoms with E-state index in [9.17, 15) is 14.3 Å². The van der Waals surface area contributed by atoms with Gasteiger partial charge in [-0.3, -0.25) is 4.79 Å². The highest BCUT2D eigenvalue weighted by Gasteiger charge is 2.19. The molecule has 1 amide bonds. The summed E-state index contributed by atoms with van der Waals surface area (Å²) in [5.41, 5.74) is 3.03. The molecular weight excluding hydrogens is 467 g/mol. The Kier molecular flexibility index (Phi) is 7.13. The van der Waals surface area contributed by atoms with Crippen LogP contribution in [0.15, 0.2) is 42.5 Å². The number of nitrogens with zero attached hydrogens (tertiary/aromatic N) is 4. The van der Waals surface area contributed by atoms with E-state index in [0.29, 0.717) is 34.4 Å². The van der Waals surface area contributed by atoms with Gasteiger partial charge in [0, 0.05) is 56.1 Å². The Balaban J connectivity index is 1.76. The fraction of sp³-hybridized carbons (Fsp3) is 0.259. The largest absolute Gasteiger partial charge is 0.507 e. The molecule has 2 aromatic carbocycles. The van der Waals surface area contributed by atoms with Gasteiger partial charge in [0.15, 0.2) is 0 Å². The van der Waals surface area contributed by atoms with Gasteiger partial charge < -0.3 is 14.9 Å². The first-order chi connectivity index (χ1) is 16.8. The predicted octanol–water partition coefficient (Wildman–Crippen LogP) is 5.27. The van der Waals surface area contributed by atoms with Crippen LogP contribution < -0.4 is 9.80 Å². The average Bonchev–Trinajstić information content (AvgIpc) is 3.36. The topological polar surface area (TPSA) is 59.9 Å². The van der Waals surface area contributed by atoms with Gasteiger partial charge in [0.2, 0.25) is 6.41 Å². The third kappa shape index (κ3) is 5.33. The zero-order valence-corrected chi connectivity index (χ0v) is 20.6. The summed E-state index contributed by atoms with van der Waals surface area (Å²) in [6, 6.07) is 16.6. The van der Waals surface area contributed by atoms with Crippen LogP contribution >= 0.6 is 11.6 Å². The van der Waals surface area contributed by atoms with Crippen molar-refractivity contribution in [3.63, 3.8) is 0 Å². The van der Waals surface area contributed by atoms with Crippen molar-refractivity contribution in [3.8, 4) is 40.1 Å². The monoisotopic (exact) mass is 492 g/mol. The first-order valence-electron chi connectivity index (χ1n) is 11.3. The number of anilines is 2. The van der Waals surface area contributed by atoms with E-state index in [1.807, 2.05) is 19.1 Å². The van der Waals surface area contributed by atoms with Crippen molar-refractivity contribution in [1.29, 1.82) is 0 Å². The van der Waals surface area contributed by atoms with Gasteiger partial charge in [-0.1, -0.05) is 17.7 Å². The molecule has 3 aromatic rings. The molecule has 2 heterocycles. The number of phenols is 1. The minimum Gasteiger partial charge on any atom is -0.507 e. The normalized spacial score (nSPS) is 12.8. The number of hydrogen-bond acceptors (Lipinski definition) is 5. The number of benzene rings is 2. The van der Waals surface area contributed by atoms with Gasteiger partial charge in [0.05, 0.1) is 10.7 Å². The number of hydrogen-bond donors (Lipinski definition) is 1. The summed E-state index contributed by atoms with van der Waals surface area (Å²) in [6.07, 6.45) is 2.79. The van der Waals surface area contributed by atoms with E-state index in [1.54, 1.807) is 37.2 Å². The second-order valence-corrected chi connectivity index (χ2v) is 9.07. The van der Waals surface area contributed by atoms with Crippen molar-refractivity contribution in [2.24, 2.45) is 0 Å². The lowest BCUT2D eigenvalue weighted by molar-refractivity contribution is -0.106. The maximum absolute atomic E-state index is 14.8. The van der Waals surface area contributed by atoms with E-state index >= 15 is 0 Å².